The van der Waals surface area contributed by atoms with Crippen molar-refractivity contribution in [3.05, 3.63) is 36.4 Å². The van der Waals surface area contributed by atoms with Gasteiger partial charge in [-0.1, -0.05) is 13.0 Å². The van der Waals surface area contributed by atoms with Crippen molar-refractivity contribution in [1.29, 1.82) is 0 Å². The molecule has 0 spiro atoms. The quantitative estimate of drug-likeness (QED) is 0.208. The summed E-state index contributed by atoms with van der Waals surface area (Å²) in [6.45, 7) is 8.88. The lowest BCUT2D eigenvalue weighted by atomic mass is 10.2. The topological polar surface area (TPSA) is 80.0 Å². The molecule has 0 atom stereocenters. The Morgan fingerprint density at radius 1 is 1.19 bits per heavy atom. The molecule has 0 saturated carbocycles. The molecule has 2 heterocycles. The van der Waals surface area contributed by atoms with Crippen molar-refractivity contribution in [2.45, 2.75) is 26.3 Å². The van der Waals surface area contributed by atoms with E-state index in [0.29, 0.717) is 0 Å². The Kier molecular flexibility index (Phi) is 11.6. The third kappa shape index (κ3) is 7.51. The monoisotopic (exact) mass is 557 g/mol. The number of aryl methyl sites for hydroxylation is 1. The van der Waals surface area contributed by atoms with Crippen LogP contribution in [0.25, 0.3) is 0 Å². The van der Waals surface area contributed by atoms with Crippen molar-refractivity contribution < 1.29 is 9.47 Å². The number of hydrogen-bond acceptors (Lipinski definition) is 6. The molecule has 2 aromatic rings. The molecule has 0 aliphatic carbocycles. The molecular formula is C22H36IN7O2. The summed E-state index contributed by atoms with van der Waals surface area (Å²) in [5.74, 6) is 2.86. The Morgan fingerprint density at radius 3 is 2.72 bits per heavy atom. The van der Waals surface area contributed by atoms with Crippen LogP contribution >= 0.6 is 24.0 Å². The van der Waals surface area contributed by atoms with Gasteiger partial charge in [-0.15, -0.1) is 34.2 Å². The molecule has 1 N–H and O–H groups in total. The largest absolute Gasteiger partial charge is 0.497 e. The number of nitrogens with one attached hydrogen (secondary N) is 1. The maximum absolute atomic E-state index is 5.37. The molecule has 32 heavy (non-hydrogen) atoms. The van der Waals surface area contributed by atoms with Gasteiger partial charge in [0.15, 0.2) is 5.96 Å². The molecular weight excluding hydrogens is 521 g/mol. The van der Waals surface area contributed by atoms with Gasteiger partial charge in [0.2, 0.25) is 0 Å². The zero-order valence-electron chi connectivity index (χ0n) is 19.4. The first-order chi connectivity index (χ1) is 15.2. The van der Waals surface area contributed by atoms with Crippen LogP contribution < -0.4 is 15.0 Å². The van der Waals surface area contributed by atoms with Crippen LogP contribution in [0.1, 0.15) is 19.2 Å². The third-order valence-corrected chi connectivity index (χ3v) is 5.41. The van der Waals surface area contributed by atoms with Crippen molar-refractivity contribution in [3.8, 4) is 5.75 Å². The van der Waals surface area contributed by atoms with E-state index in [1.807, 2.05) is 12.1 Å². The van der Waals surface area contributed by atoms with Gasteiger partial charge in [-0.2, -0.15) is 0 Å². The number of aliphatic imine (C=N–C) groups is 1. The van der Waals surface area contributed by atoms with Crippen LogP contribution in [-0.2, 0) is 17.7 Å². The molecule has 1 saturated heterocycles. The molecule has 178 valence electrons. The van der Waals surface area contributed by atoms with Crippen LogP contribution in [0.2, 0.25) is 0 Å². The minimum absolute atomic E-state index is 0. The molecule has 1 aromatic carbocycles. The van der Waals surface area contributed by atoms with Gasteiger partial charge >= 0.3 is 0 Å². The zero-order chi connectivity index (χ0) is 21.9. The molecule has 0 radical (unpaired) electrons. The molecule has 1 aromatic heterocycles. The maximum atomic E-state index is 5.37. The normalized spacial score (nSPS) is 14.3. The van der Waals surface area contributed by atoms with E-state index in [9.17, 15) is 0 Å². The summed E-state index contributed by atoms with van der Waals surface area (Å²) >= 11 is 0. The highest BCUT2D eigenvalue weighted by atomic mass is 127. The fourth-order valence-corrected chi connectivity index (χ4v) is 3.67. The number of anilines is 1. The Bertz CT molecular complexity index is 822. The highest BCUT2D eigenvalue weighted by Crippen LogP contribution is 2.22. The molecule has 9 nitrogen and oxygen atoms in total. The summed E-state index contributed by atoms with van der Waals surface area (Å²) in [6, 6.07) is 8.26. The van der Waals surface area contributed by atoms with Gasteiger partial charge in [-0.3, -0.25) is 4.99 Å². The van der Waals surface area contributed by atoms with Crippen LogP contribution in [0.15, 0.2) is 35.6 Å². The lowest BCUT2D eigenvalue weighted by molar-refractivity contribution is 0.197. The number of piperazine rings is 1. The molecule has 0 unspecified atom stereocenters. The Morgan fingerprint density at radius 2 is 2.00 bits per heavy atom. The van der Waals surface area contributed by atoms with Crippen molar-refractivity contribution in [2.75, 3.05) is 65.0 Å². The number of halogens is 1. The first-order valence-electron chi connectivity index (χ1n) is 11.0. The number of nitrogens with zero attached hydrogens (tertiary/aromatic N) is 6. The highest BCUT2D eigenvalue weighted by molar-refractivity contribution is 14.0. The van der Waals surface area contributed by atoms with Gasteiger partial charge in [0.05, 0.1) is 7.11 Å². The smallest absolute Gasteiger partial charge is 0.194 e. The Labute approximate surface area is 208 Å². The van der Waals surface area contributed by atoms with Crippen LogP contribution in [0.3, 0.4) is 0 Å². The Balaban J connectivity index is 0.00000363. The van der Waals surface area contributed by atoms with Gasteiger partial charge in [0.1, 0.15) is 17.9 Å². The van der Waals surface area contributed by atoms with Crippen molar-refractivity contribution in [3.63, 3.8) is 0 Å². The Hall–Kier alpha value is -2.08. The zero-order valence-corrected chi connectivity index (χ0v) is 21.7. The van der Waals surface area contributed by atoms with Gasteiger partial charge in [0, 0.05) is 77.7 Å². The van der Waals surface area contributed by atoms with Crippen LogP contribution in [0.5, 0.6) is 5.75 Å². The number of benzene rings is 1. The van der Waals surface area contributed by atoms with E-state index in [1.165, 1.54) is 5.69 Å². The lowest BCUT2D eigenvalue weighted by Gasteiger charge is -2.38. The third-order valence-electron chi connectivity index (χ3n) is 5.41. The predicted octanol–water partition coefficient (Wildman–Crippen LogP) is 2.27. The van der Waals surface area contributed by atoms with Gasteiger partial charge < -0.3 is 29.2 Å². The summed E-state index contributed by atoms with van der Waals surface area (Å²) in [6.07, 6.45) is 3.59. The van der Waals surface area contributed by atoms with Crippen LogP contribution in [0.4, 0.5) is 5.69 Å². The molecule has 1 aliphatic rings. The summed E-state index contributed by atoms with van der Waals surface area (Å²) < 4.78 is 12.6. The molecule has 0 amide bonds. The van der Waals surface area contributed by atoms with E-state index in [4.69, 9.17) is 14.5 Å². The average molecular weight is 557 g/mol. The summed E-state index contributed by atoms with van der Waals surface area (Å²) in [5, 5.41) is 11.7. The van der Waals surface area contributed by atoms with Crippen LogP contribution in [0, 0.1) is 0 Å². The number of hydrogen-bond donors (Lipinski definition) is 1. The van der Waals surface area contributed by atoms with E-state index in [0.717, 1.165) is 82.8 Å². The van der Waals surface area contributed by atoms with E-state index >= 15 is 0 Å². The summed E-state index contributed by atoms with van der Waals surface area (Å²) in [7, 11) is 3.43. The van der Waals surface area contributed by atoms with Gasteiger partial charge in [0.25, 0.3) is 0 Å². The van der Waals surface area contributed by atoms with E-state index in [1.54, 1.807) is 20.5 Å². The fourth-order valence-electron chi connectivity index (χ4n) is 3.67. The minimum atomic E-state index is 0. The predicted molar refractivity (Wildman–Crippen MR) is 138 cm³/mol. The number of methoxy groups -OCH3 is 2. The molecule has 1 aliphatic heterocycles. The van der Waals surface area contributed by atoms with Gasteiger partial charge in [-0.05, 0) is 18.6 Å². The van der Waals surface area contributed by atoms with Gasteiger partial charge in [-0.25, -0.2) is 0 Å². The first kappa shape index (κ1) is 26.2. The summed E-state index contributed by atoms with van der Waals surface area (Å²) in [5.41, 5.74) is 1.20. The fraction of sp³-hybridized carbons (Fsp3) is 0.591. The van der Waals surface area contributed by atoms with E-state index < -0.39 is 0 Å². The summed E-state index contributed by atoms with van der Waals surface area (Å²) in [4.78, 5) is 9.58. The maximum Gasteiger partial charge on any atom is 0.194 e. The first-order valence-corrected chi connectivity index (χ1v) is 11.0. The SMILES string of the molecule is CCc1nncn1CCNC(=NCCCOC)N1CCN(c2cccc(OC)c2)CC1.I. The highest BCUT2D eigenvalue weighted by Gasteiger charge is 2.20. The standard InChI is InChI=1S/C22H35N7O2.HI/c1-4-21-26-25-18-29(21)11-10-24-22(23-9-6-16-30-2)28-14-12-27(13-15-28)19-7-5-8-20(17-19)31-3;/h5,7-8,17-18H,4,6,9-16H2,1-3H3,(H,23,24);1H. The van der Waals surface area contributed by atoms with Crippen LogP contribution in [-0.4, -0.2) is 85.7 Å². The van der Waals surface area contributed by atoms with E-state index in [-0.39, 0.29) is 24.0 Å². The van der Waals surface area contributed by atoms with Crippen molar-refractivity contribution in [2.24, 2.45) is 4.99 Å². The molecule has 3 rings (SSSR count). The average Bonchev–Trinajstić information content (AvgIpc) is 3.28. The second kappa shape index (κ2) is 14.1. The molecule has 1 fully saturated rings. The van der Waals surface area contributed by atoms with Crippen molar-refractivity contribution >= 4 is 35.6 Å². The van der Waals surface area contributed by atoms with Crippen molar-refractivity contribution in [1.82, 2.24) is 25.0 Å². The number of rotatable bonds is 10. The second-order valence-corrected chi connectivity index (χ2v) is 7.45. The minimum Gasteiger partial charge on any atom is -0.497 e. The number of guanidine groups is 1. The lowest BCUT2D eigenvalue weighted by Crippen LogP contribution is -2.53. The molecule has 0 bridgehead atoms. The molecule has 10 heteroatoms. The number of ether oxygens (including phenoxy) is 2. The second-order valence-electron chi connectivity index (χ2n) is 7.45. The van der Waals surface area contributed by atoms with E-state index in [2.05, 4.69) is 48.9 Å². The number of aromatic nitrogens is 3.